The number of rotatable bonds is 5. The van der Waals surface area contributed by atoms with Gasteiger partial charge in [0.2, 0.25) is 0 Å². The Bertz CT molecular complexity index is 550. The minimum absolute atomic E-state index is 0.137. The van der Waals surface area contributed by atoms with Crippen LogP contribution in [0.1, 0.15) is 31.2 Å². The van der Waals surface area contributed by atoms with Crippen LogP contribution in [0.25, 0.3) is 0 Å². The number of hydrogen-bond donors (Lipinski definition) is 2. The second kappa shape index (κ2) is 7.94. The van der Waals surface area contributed by atoms with Crippen LogP contribution in [0.5, 0.6) is 0 Å². The SMILES string of the molecule is NC(=NCC1(c2ccc(F)cc2)CCOCC1)NCC1CCCO1. The van der Waals surface area contributed by atoms with Crippen molar-refractivity contribution in [2.45, 2.75) is 37.2 Å². The summed E-state index contributed by atoms with van der Waals surface area (Å²) in [6, 6.07) is 6.73. The summed E-state index contributed by atoms with van der Waals surface area (Å²) < 4.78 is 24.3. The van der Waals surface area contributed by atoms with Gasteiger partial charge in [-0.2, -0.15) is 0 Å². The molecule has 5 nitrogen and oxygen atoms in total. The van der Waals surface area contributed by atoms with Crippen molar-refractivity contribution in [2.24, 2.45) is 10.7 Å². The fourth-order valence-corrected chi connectivity index (χ4v) is 3.42. The fourth-order valence-electron chi connectivity index (χ4n) is 3.42. The highest BCUT2D eigenvalue weighted by Crippen LogP contribution is 2.35. The number of hydrogen-bond acceptors (Lipinski definition) is 3. The maximum absolute atomic E-state index is 13.2. The van der Waals surface area contributed by atoms with Crippen molar-refractivity contribution >= 4 is 5.96 Å². The first-order valence-electron chi connectivity index (χ1n) is 8.67. The third kappa shape index (κ3) is 4.24. The molecule has 0 aliphatic carbocycles. The minimum Gasteiger partial charge on any atom is -0.381 e. The first kappa shape index (κ1) is 17.2. The molecule has 6 heteroatoms. The van der Waals surface area contributed by atoms with Crippen LogP contribution in [0.4, 0.5) is 4.39 Å². The molecule has 0 spiro atoms. The van der Waals surface area contributed by atoms with Gasteiger partial charge in [0, 0.05) is 31.8 Å². The van der Waals surface area contributed by atoms with E-state index in [1.807, 2.05) is 12.1 Å². The van der Waals surface area contributed by atoms with Crippen LogP contribution in [0.3, 0.4) is 0 Å². The molecule has 24 heavy (non-hydrogen) atoms. The molecule has 1 aromatic carbocycles. The van der Waals surface area contributed by atoms with E-state index in [2.05, 4.69) is 10.3 Å². The number of ether oxygens (including phenoxy) is 2. The van der Waals surface area contributed by atoms with Crippen molar-refractivity contribution in [3.63, 3.8) is 0 Å². The molecule has 3 N–H and O–H groups in total. The number of halogens is 1. The van der Waals surface area contributed by atoms with Crippen molar-refractivity contribution < 1.29 is 13.9 Å². The molecular formula is C18H26FN3O2. The third-order valence-electron chi connectivity index (χ3n) is 4.99. The lowest BCUT2D eigenvalue weighted by atomic mass is 9.74. The predicted molar refractivity (Wildman–Crippen MR) is 91.6 cm³/mol. The van der Waals surface area contributed by atoms with Gasteiger partial charge < -0.3 is 20.5 Å². The quantitative estimate of drug-likeness (QED) is 0.637. The summed E-state index contributed by atoms with van der Waals surface area (Å²) in [5.74, 6) is 0.223. The lowest BCUT2D eigenvalue weighted by Crippen LogP contribution is -2.41. The standard InChI is InChI=1S/C18H26FN3O2/c19-15-5-3-14(4-6-15)18(7-10-23-11-8-18)13-22-17(20)21-12-16-2-1-9-24-16/h3-6,16H,1-2,7-13H2,(H3,20,21,22). The Morgan fingerprint density at radius 2 is 2.00 bits per heavy atom. The molecule has 2 aliphatic heterocycles. The highest BCUT2D eigenvalue weighted by Gasteiger charge is 2.34. The predicted octanol–water partition coefficient (Wildman–Crippen LogP) is 1.96. The van der Waals surface area contributed by atoms with E-state index in [0.717, 1.165) is 37.9 Å². The molecule has 2 saturated heterocycles. The first-order chi connectivity index (χ1) is 11.7. The Kier molecular flexibility index (Phi) is 5.68. The normalized spacial score (nSPS) is 24.0. The van der Waals surface area contributed by atoms with E-state index in [1.54, 1.807) is 0 Å². The summed E-state index contributed by atoms with van der Waals surface area (Å²) in [4.78, 5) is 4.56. The van der Waals surface area contributed by atoms with Crippen LogP contribution >= 0.6 is 0 Å². The fraction of sp³-hybridized carbons (Fsp3) is 0.611. The molecule has 2 fully saturated rings. The average Bonchev–Trinajstić information content (AvgIpc) is 3.13. The number of nitrogens with zero attached hydrogens (tertiary/aromatic N) is 1. The molecule has 0 amide bonds. The van der Waals surface area contributed by atoms with Crippen molar-refractivity contribution in [1.29, 1.82) is 0 Å². The van der Waals surface area contributed by atoms with Crippen LogP contribution in [-0.4, -0.2) is 45.0 Å². The molecule has 0 aromatic heterocycles. The van der Waals surface area contributed by atoms with Crippen molar-refractivity contribution in [3.8, 4) is 0 Å². The smallest absolute Gasteiger partial charge is 0.188 e. The summed E-state index contributed by atoms with van der Waals surface area (Å²) in [7, 11) is 0. The van der Waals surface area contributed by atoms with E-state index in [-0.39, 0.29) is 17.3 Å². The molecule has 1 unspecified atom stereocenters. The molecule has 3 rings (SSSR count). The monoisotopic (exact) mass is 335 g/mol. The van der Waals surface area contributed by atoms with Gasteiger partial charge in [-0.1, -0.05) is 12.1 Å². The lowest BCUT2D eigenvalue weighted by molar-refractivity contribution is 0.0531. The van der Waals surface area contributed by atoms with E-state index >= 15 is 0 Å². The second-order valence-corrected chi connectivity index (χ2v) is 6.62. The van der Waals surface area contributed by atoms with Crippen LogP contribution < -0.4 is 11.1 Å². The zero-order valence-corrected chi connectivity index (χ0v) is 14.0. The Labute approximate surface area is 142 Å². The van der Waals surface area contributed by atoms with E-state index < -0.39 is 0 Å². The molecule has 0 radical (unpaired) electrons. The Hall–Kier alpha value is -1.66. The zero-order valence-electron chi connectivity index (χ0n) is 14.0. The van der Waals surface area contributed by atoms with Gasteiger partial charge in [-0.15, -0.1) is 0 Å². The van der Waals surface area contributed by atoms with Crippen molar-refractivity contribution in [2.75, 3.05) is 32.9 Å². The van der Waals surface area contributed by atoms with Crippen LogP contribution in [0.15, 0.2) is 29.3 Å². The average molecular weight is 335 g/mol. The largest absolute Gasteiger partial charge is 0.381 e. The van der Waals surface area contributed by atoms with Gasteiger partial charge in [0.05, 0.1) is 12.6 Å². The third-order valence-corrected chi connectivity index (χ3v) is 4.99. The van der Waals surface area contributed by atoms with Gasteiger partial charge in [-0.05, 0) is 43.4 Å². The van der Waals surface area contributed by atoms with E-state index in [1.165, 1.54) is 12.1 Å². The highest BCUT2D eigenvalue weighted by molar-refractivity contribution is 5.77. The van der Waals surface area contributed by atoms with Gasteiger partial charge in [0.1, 0.15) is 5.82 Å². The number of benzene rings is 1. The van der Waals surface area contributed by atoms with Crippen LogP contribution in [-0.2, 0) is 14.9 Å². The molecule has 1 aromatic rings. The molecular weight excluding hydrogens is 309 g/mol. The maximum atomic E-state index is 13.2. The molecule has 0 saturated carbocycles. The molecule has 1 atom stereocenters. The summed E-state index contributed by atoms with van der Waals surface area (Å²) >= 11 is 0. The Morgan fingerprint density at radius 3 is 2.67 bits per heavy atom. The number of guanidine groups is 1. The lowest BCUT2D eigenvalue weighted by Gasteiger charge is -2.36. The highest BCUT2D eigenvalue weighted by atomic mass is 19.1. The maximum Gasteiger partial charge on any atom is 0.188 e. The van der Waals surface area contributed by atoms with Crippen LogP contribution in [0, 0.1) is 5.82 Å². The molecule has 2 heterocycles. The summed E-state index contributed by atoms with van der Waals surface area (Å²) in [6.45, 7) is 3.48. The number of nitrogens with one attached hydrogen (secondary N) is 1. The Balaban J connectivity index is 1.65. The zero-order chi connectivity index (χ0) is 16.8. The number of nitrogens with two attached hydrogens (primary N) is 1. The minimum atomic E-state index is -0.220. The summed E-state index contributed by atoms with van der Waals surface area (Å²) in [5.41, 5.74) is 6.99. The summed E-state index contributed by atoms with van der Waals surface area (Å²) in [6.07, 6.45) is 4.13. The van der Waals surface area contributed by atoms with Gasteiger partial charge in [0.15, 0.2) is 5.96 Å². The van der Waals surface area contributed by atoms with Gasteiger partial charge in [-0.25, -0.2) is 4.39 Å². The van der Waals surface area contributed by atoms with Crippen molar-refractivity contribution in [1.82, 2.24) is 5.32 Å². The second-order valence-electron chi connectivity index (χ2n) is 6.62. The van der Waals surface area contributed by atoms with E-state index in [4.69, 9.17) is 15.2 Å². The Morgan fingerprint density at radius 1 is 1.25 bits per heavy atom. The summed E-state index contributed by atoms with van der Waals surface area (Å²) in [5, 5.41) is 3.15. The van der Waals surface area contributed by atoms with Crippen LogP contribution in [0.2, 0.25) is 0 Å². The van der Waals surface area contributed by atoms with Crippen molar-refractivity contribution in [3.05, 3.63) is 35.6 Å². The van der Waals surface area contributed by atoms with Gasteiger partial charge in [-0.3, -0.25) is 4.99 Å². The van der Waals surface area contributed by atoms with Gasteiger partial charge >= 0.3 is 0 Å². The first-order valence-corrected chi connectivity index (χ1v) is 8.67. The van der Waals surface area contributed by atoms with E-state index in [0.29, 0.717) is 32.3 Å². The van der Waals surface area contributed by atoms with E-state index in [9.17, 15) is 4.39 Å². The molecule has 2 aliphatic rings. The molecule has 132 valence electrons. The topological polar surface area (TPSA) is 68.9 Å². The van der Waals surface area contributed by atoms with Gasteiger partial charge in [0.25, 0.3) is 0 Å². The number of aliphatic imine (C=N–C) groups is 1. The molecule has 0 bridgehead atoms.